The maximum Gasteiger partial charge on any atom is 0.252 e. The summed E-state index contributed by atoms with van der Waals surface area (Å²) in [7, 11) is 0. The first-order chi connectivity index (χ1) is 15.1. The first kappa shape index (κ1) is 20.1. The van der Waals surface area contributed by atoms with Gasteiger partial charge in [0.2, 0.25) is 0 Å². The number of ketones is 1. The zero-order valence-electron chi connectivity index (χ0n) is 16.5. The fraction of sp³-hybridized carbons (Fsp3) is 0.0400. The fourth-order valence-corrected chi connectivity index (χ4v) is 3.25. The van der Waals surface area contributed by atoms with E-state index in [-0.39, 0.29) is 29.4 Å². The van der Waals surface area contributed by atoms with Crippen molar-refractivity contribution in [1.82, 2.24) is 15.3 Å². The van der Waals surface area contributed by atoms with Crippen molar-refractivity contribution >= 4 is 11.7 Å². The highest BCUT2D eigenvalue weighted by atomic mass is 19.1. The number of aromatic nitrogens is 2. The second kappa shape index (κ2) is 9.09. The minimum atomic E-state index is -0.427. The van der Waals surface area contributed by atoms with Gasteiger partial charge in [-0.15, -0.1) is 0 Å². The SMILES string of the molecule is O=C(NCc1cccnc1-c1cccnc1)c1ccccc1C(=O)c1ccc(F)cc1. The summed E-state index contributed by atoms with van der Waals surface area (Å²) < 4.78 is 13.2. The molecule has 0 spiro atoms. The highest BCUT2D eigenvalue weighted by molar-refractivity contribution is 6.15. The van der Waals surface area contributed by atoms with Crippen molar-refractivity contribution in [3.05, 3.63) is 119 Å². The summed E-state index contributed by atoms with van der Waals surface area (Å²) in [6, 6.07) is 19.2. The van der Waals surface area contributed by atoms with Gasteiger partial charge in [-0.1, -0.05) is 24.3 Å². The lowest BCUT2D eigenvalue weighted by atomic mass is 9.97. The third-order valence-electron chi connectivity index (χ3n) is 4.79. The van der Waals surface area contributed by atoms with Gasteiger partial charge < -0.3 is 5.32 Å². The number of benzene rings is 2. The number of pyridine rings is 2. The molecule has 152 valence electrons. The minimum Gasteiger partial charge on any atom is -0.348 e. The summed E-state index contributed by atoms with van der Waals surface area (Å²) >= 11 is 0. The van der Waals surface area contributed by atoms with Crippen LogP contribution >= 0.6 is 0 Å². The highest BCUT2D eigenvalue weighted by Gasteiger charge is 2.18. The number of carbonyl (C=O) groups is 2. The van der Waals surface area contributed by atoms with Crippen LogP contribution < -0.4 is 5.32 Å². The normalized spacial score (nSPS) is 10.5. The van der Waals surface area contributed by atoms with E-state index >= 15 is 0 Å². The predicted molar refractivity (Wildman–Crippen MR) is 115 cm³/mol. The molecule has 2 aromatic carbocycles. The molecule has 0 unspecified atom stereocenters. The van der Waals surface area contributed by atoms with E-state index in [0.29, 0.717) is 5.56 Å². The molecule has 1 N–H and O–H groups in total. The van der Waals surface area contributed by atoms with Gasteiger partial charge in [-0.2, -0.15) is 0 Å². The number of amides is 1. The topological polar surface area (TPSA) is 72.0 Å². The number of carbonyl (C=O) groups excluding carboxylic acids is 2. The monoisotopic (exact) mass is 411 g/mol. The van der Waals surface area contributed by atoms with Crippen LogP contribution in [0.1, 0.15) is 31.8 Å². The molecule has 0 aliphatic carbocycles. The molecule has 0 radical (unpaired) electrons. The van der Waals surface area contributed by atoms with Crippen LogP contribution in [0.2, 0.25) is 0 Å². The molecule has 0 saturated heterocycles. The van der Waals surface area contributed by atoms with E-state index in [9.17, 15) is 14.0 Å². The van der Waals surface area contributed by atoms with Gasteiger partial charge in [-0.05, 0) is 54.1 Å². The molecular formula is C25H18FN3O2. The van der Waals surface area contributed by atoms with Crippen LogP contribution in [0.5, 0.6) is 0 Å². The van der Waals surface area contributed by atoms with Gasteiger partial charge in [0.25, 0.3) is 5.91 Å². The number of nitrogens with zero attached hydrogens (tertiary/aromatic N) is 2. The molecule has 0 bridgehead atoms. The van der Waals surface area contributed by atoms with Gasteiger partial charge in [0.1, 0.15) is 5.82 Å². The Morgan fingerprint density at radius 2 is 1.58 bits per heavy atom. The Morgan fingerprint density at radius 3 is 2.32 bits per heavy atom. The molecular weight excluding hydrogens is 393 g/mol. The molecule has 4 aromatic rings. The average molecular weight is 411 g/mol. The lowest BCUT2D eigenvalue weighted by Crippen LogP contribution is -2.25. The number of halogens is 1. The maximum absolute atomic E-state index is 13.2. The first-order valence-corrected chi connectivity index (χ1v) is 9.65. The first-order valence-electron chi connectivity index (χ1n) is 9.65. The Labute approximate surface area is 178 Å². The zero-order valence-corrected chi connectivity index (χ0v) is 16.5. The quantitative estimate of drug-likeness (QED) is 0.476. The summed E-state index contributed by atoms with van der Waals surface area (Å²) in [6.45, 7) is 0.232. The van der Waals surface area contributed by atoms with E-state index in [1.165, 1.54) is 24.3 Å². The zero-order chi connectivity index (χ0) is 21.6. The molecule has 2 heterocycles. The Balaban J connectivity index is 1.56. The standard InChI is InChI=1S/C25H18FN3O2/c26-20-11-9-17(10-12-20)24(30)21-7-1-2-8-22(21)25(31)29-16-19-6-4-14-28-23(19)18-5-3-13-27-15-18/h1-15H,16H2,(H,29,31). The van der Waals surface area contributed by atoms with E-state index in [1.807, 2.05) is 18.2 Å². The third kappa shape index (κ3) is 4.53. The summed E-state index contributed by atoms with van der Waals surface area (Å²) in [5, 5.41) is 2.87. The van der Waals surface area contributed by atoms with Crippen molar-refractivity contribution in [2.75, 3.05) is 0 Å². The summed E-state index contributed by atoms with van der Waals surface area (Å²) in [6.07, 6.45) is 5.08. The number of hydrogen-bond donors (Lipinski definition) is 1. The van der Waals surface area contributed by atoms with Crippen LogP contribution in [-0.4, -0.2) is 21.7 Å². The van der Waals surface area contributed by atoms with Crippen LogP contribution in [0.3, 0.4) is 0 Å². The molecule has 6 heteroatoms. The van der Waals surface area contributed by atoms with Gasteiger partial charge in [0.05, 0.1) is 11.3 Å². The smallest absolute Gasteiger partial charge is 0.252 e. The molecule has 0 saturated carbocycles. The Bertz CT molecular complexity index is 1220. The second-order valence-corrected chi connectivity index (χ2v) is 6.82. The lowest BCUT2D eigenvalue weighted by molar-refractivity contribution is 0.0939. The largest absolute Gasteiger partial charge is 0.348 e. The Morgan fingerprint density at radius 1 is 0.839 bits per heavy atom. The molecule has 2 aromatic heterocycles. The summed E-state index contributed by atoms with van der Waals surface area (Å²) in [5.74, 6) is -1.15. The van der Waals surface area contributed by atoms with Gasteiger partial charge >= 0.3 is 0 Å². The van der Waals surface area contributed by atoms with Crippen molar-refractivity contribution in [3.63, 3.8) is 0 Å². The van der Waals surface area contributed by atoms with Crippen LogP contribution in [0.4, 0.5) is 4.39 Å². The Kier molecular flexibility index (Phi) is 5.89. The maximum atomic E-state index is 13.2. The molecule has 0 fully saturated rings. The third-order valence-corrected chi connectivity index (χ3v) is 4.79. The van der Waals surface area contributed by atoms with Crippen LogP contribution in [0, 0.1) is 5.82 Å². The summed E-state index contributed by atoms with van der Waals surface area (Å²) in [4.78, 5) is 34.3. The van der Waals surface area contributed by atoms with Crippen molar-refractivity contribution in [2.24, 2.45) is 0 Å². The van der Waals surface area contributed by atoms with Crippen LogP contribution in [0.15, 0.2) is 91.4 Å². The number of rotatable bonds is 6. The molecule has 1 amide bonds. The van der Waals surface area contributed by atoms with E-state index in [4.69, 9.17) is 0 Å². The van der Waals surface area contributed by atoms with Crippen LogP contribution in [0.25, 0.3) is 11.3 Å². The highest BCUT2D eigenvalue weighted by Crippen LogP contribution is 2.20. The number of hydrogen-bond acceptors (Lipinski definition) is 4. The predicted octanol–water partition coefficient (Wildman–Crippen LogP) is 4.44. The minimum absolute atomic E-state index is 0.232. The van der Waals surface area contributed by atoms with E-state index in [0.717, 1.165) is 16.8 Å². The van der Waals surface area contributed by atoms with E-state index < -0.39 is 5.82 Å². The number of nitrogens with one attached hydrogen (secondary N) is 1. The lowest BCUT2D eigenvalue weighted by Gasteiger charge is -2.12. The van der Waals surface area contributed by atoms with Gasteiger partial charge in [-0.25, -0.2) is 4.39 Å². The average Bonchev–Trinajstić information content (AvgIpc) is 2.83. The van der Waals surface area contributed by atoms with Crippen LogP contribution in [-0.2, 0) is 6.54 Å². The van der Waals surface area contributed by atoms with Crippen molar-refractivity contribution in [1.29, 1.82) is 0 Å². The van der Waals surface area contributed by atoms with Crippen molar-refractivity contribution in [2.45, 2.75) is 6.54 Å². The van der Waals surface area contributed by atoms with E-state index in [2.05, 4.69) is 15.3 Å². The molecule has 0 atom stereocenters. The van der Waals surface area contributed by atoms with Gasteiger partial charge in [-0.3, -0.25) is 19.6 Å². The molecule has 0 aliphatic heterocycles. The molecule has 31 heavy (non-hydrogen) atoms. The second-order valence-electron chi connectivity index (χ2n) is 6.82. The fourth-order valence-electron chi connectivity index (χ4n) is 3.25. The van der Waals surface area contributed by atoms with Crippen molar-refractivity contribution in [3.8, 4) is 11.3 Å². The van der Waals surface area contributed by atoms with Gasteiger partial charge in [0, 0.05) is 41.8 Å². The van der Waals surface area contributed by atoms with Crippen molar-refractivity contribution < 1.29 is 14.0 Å². The molecule has 0 aliphatic rings. The van der Waals surface area contributed by atoms with E-state index in [1.54, 1.807) is 48.9 Å². The molecule has 4 rings (SSSR count). The molecule has 5 nitrogen and oxygen atoms in total. The summed E-state index contributed by atoms with van der Waals surface area (Å²) in [5.41, 5.74) is 3.22. The Hall–Kier alpha value is -4.19. The van der Waals surface area contributed by atoms with Gasteiger partial charge in [0.15, 0.2) is 5.78 Å².